The molecule has 0 aromatic heterocycles. The monoisotopic (exact) mass is 282 g/mol. The molecule has 0 aliphatic carbocycles. The van der Waals surface area contributed by atoms with E-state index >= 15 is 0 Å². The highest BCUT2D eigenvalue weighted by Crippen LogP contribution is 2.13. The van der Waals surface area contributed by atoms with Gasteiger partial charge in [-0.05, 0) is 31.7 Å². The van der Waals surface area contributed by atoms with Crippen LogP contribution < -0.4 is 11.3 Å². The van der Waals surface area contributed by atoms with E-state index in [2.05, 4.69) is 17.4 Å². The predicted molar refractivity (Wildman–Crippen MR) is 78.7 cm³/mol. The van der Waals surface area contributed by atoms with Crippen LogP contribution >= 0.6 is 0 Å². The number of hydrazine groups is 1. The van der Waals surface area contributed by atoms with Gasteiger partial charge in [-0.2, -0.15) is 0 Å². The maximum atomic E-state index is 12.4. The summed E-state index contributed by atoms with van der Waals surface area (Å²) in [6, 6.07) is 4.43. The van der Waals surface area contributed by atoms with Crippen LogP contribution in [0.2, 0.25) is 0 Å². The Bertz CT molecular complexity index is 445. The van der Waals surface area contributed by atoms with Gasteiger partial charge in [-0.25, -0.2) is 4.39 Å². The molecule has 1 saturated heterocycles. The zero-order valence-corrected chi connectivity index (χ0v) is 12.3. The molecule has 0 radical (unpaired) electrons. The molecule has 1 heterocycles. The molecule has 0 unspecified atom stereocenters. The fourth-order valence-corrected chi connectivity index (χ4v) is 1.87. The van der Waals surface area contributed by atoms with E-state index in [1.807, 2.05) is 11.8 Å². The van der Waals surface area contributed by atoms with E-state index in [0.717, 1.165) is 31.7 Å². The van der Waals surface area contributed by atoms with Crippen molar-refractivity contribution < 1.29 is 9.18 Å². The smallest absolute Gasteiger partial charge is 0.219 e. The number of piperazine rings is 1. The molecule has 5 nitrogen and oxygen atoms in total. The minimum absolute atomic E-state index is 0.202. The van der Waals surface area contributed by atoms with Crippen LogP contribution in [0, 0.1) is 12.7 Å². The summed E-state index contributed by atoms with van der Waals surface area (Å²) in [5.74, 6) is 5.03. The Labute approximate surface area is 119 Å². The van der Waals surface area contributed by atoms with Gasteiger partial charge in [-0.1, -0.05) is 6.07 Å². The van der Waals surface area contributed by atoms with E-state index in [1.54, 1.807) is 13.0 Å². The average molecular weight is 282 g/mol. The average Bonchev–Trinajstić information content (AvgIpc) is 2.42. The summed E-state index contributed by atoms with van der Waals surface area (Å²) in [7, 11) is 2.08. The van der Waals surface area contributed by atoms with Gasteiger partial charge >= 0.3 is 0 Å². The van der Waals surface area contributed by atoms with Crippen molar-refractivity contribution in [2.75, 3.05) is 38.7 Å². The maximum absolute atomic E-state index is 12.4. The zero-order chi connectivity index (χ0) is 15.1. The lowest BCUT2D eigenvalue weighted by Gasteiger charge is -2.31. The Morgan fingerprint density at radius 1 is 1.30 bits per heavy atom. The Morgan fingerprint density at radius 3 is 2.35 bits per heavy atom. The first kappa shape index (κ1) is 16.4. The summed E-state index contributed by atoms with van der Waals surface area (Å²) in [5, 5.41) is 0. The normalized spacial score (nSPS) is 15.3. The van der Waals surface area contributed by atoms with Gasteiger partial charge in [0.25, 0.3) is 0 Å². The maximum Gasteiger partial charge on any atom is 0.219 e. The quantitative estimate of drug-likeness (QED) is 0.600. The van der Waals surface area contributed by atoms with Crippen LogP contribution in [-0.2, 0) is 4.79 Å². The van der Waals surface area contributed by atoms with E-state index in [0.29, 0.717) is 5.69 Å². The van der Waals surface area contributed by atoms with Gasteiger partial charge in [0, 0.05) is 33.1 Å². The number of nitrogens with two attached hydrogens (primary N) is 1. The predicted octanol–water partition coefficient (Wildman–Crippen LogP) is 1.20. The number of anilines is 1. The third-order valence-corrected chi connectivity index (χ3v) is 3.30. The van der Waals surface area contributed by atoms with Gasteiger partial charge in [0.05, 0.1) is 5.69 Å². The van der Waals surface area contributed by atoms with Crippen molar-refractivity contribution in [3.8, 4) is 0 Å². The molecule has 0 spiro atoms. The first-order valence-corrected chi connectivity index (χ1v) is 6.61. The highest BCUT2D eigenvalue weighted by atomic mass is 19.1. The summed E-state index contributed by atoms with van der Waals surface area (Å²) >= 11 is 0. The number of hydrogen-bond acceptors (Lipinski definition) is 4. The Balaban J connectivity index is 0.000000200. The molecule has 1 aromatic carbocycles. The molecule has 3 N–H and O–H groups in total. The molecule has 1 aliphatic heterocycles. The van der Waals surface area contributed by atoms with Gasteiger partial charge in [0.2, 0.25) is 5.91 Å². The number of carbonyl (C=O) groups is 1. The summed E-state index contributed by atoms with van der Waals surface area (Å²) < 4.78 is 12.4. The third-order valence-electron chi connectivity index (χ3n) is 3.30. The van der Waals surface area contributed by atoms with Crippen LogP contribution in [-0.4, -0.2) is 48.9 Å². The van der Waals surface area contributed by atoms with Crippen LogP contribution in [0.1, 0.15) is 12.5 Å². The number of aryl methyl sites for hydroxylation is 1. The molecule has 20 heavy (non-hydrogen) atoms. The first-order valence-electron chi connectivity index (χ1n) is 6.61. The SMILES string of the molecule is CC(=O)N1CCN(C)CC1.Cc1ccc(F)cc1NN. The van der Waals surface area contributed by atoms with E-state index in [1.165, 1.54) is 12.1 Å². The van der Waals surface area contributed by atoms with Crippen LogP contribution in [0.5, 0.6) is 0 Å². The topological polar surface area (TPSA) is 61.6 Å². The molecule has 1 fully saturated rings. The largest absolute Gasteiger partial charge is 0.340 e. The molecule has 6 heteroatoms. The van der Waals surface area contributed by atoms with Gasteiger partial charge in [-0.3, -0.25) is 10.6 Å². The van der Waals surface area contributed by atoms with Crippen LogP contribution in [0.15, 0.2) is 18.2 Å². The van der Waals surface area contributed by atoms with Crippen molar-refractivity contribution in [1.29, 1.82) is 0 Å². The minimum atomic E-state index is -0.279. The molecule has 0 atom stereocenters. The standard InChI is InChI=1S/C7H9FN2.C7H14N2O/c1-5-2-3-6(8)4-7(5)10-9;1-7(10)9-5-3-8(2)4-6-9/h2-4,10H,9H2,1H3;3-6H2,1-2H3. The number of hydrogen-bond donors (Lipinski definition) is 2. The highest BCUT2D eigenvalue weighted by Gasteiger charge is 2.14. The van der Waals surface area contributed by atoms with Gasteiger partial charge in [0.15, 0.2) is 0 Å². The molecule has 0 bridgehead atoms. The van der Waals surface area contributed by atoms with Gasteiger partial charge < -0.3 is 15.2 Å². The minimum Gasteiger partial charge on any atom is -0.340 e. The van der Waals surface area contributed by atoms with Crippen molar-refractivity contribution >= 4 is 11.6 Å². The number of nitrogens with zero attached hydrogens (tertiary/aromatic N) is 2. The van der Waals surface area contributed by atoms with E-state index in [4.69, 9.17) is 5.84 Å². The van der Waals surface area contributed by atoms with Crippen LogP contribution in [0.25, 0.3) is 0 Å². The Morgan fingerprint density at radius 2 is 1.90 bits per heavy atom. The molecular formula is C14H23FN4O. The van der Waals surface area contributed by atoms with Gasteiger partial charge in [-0.15, -0.1) is 0 Å². The molecule has 1 aromatic rings. The van der Waals surface area contributed by atoms with E-state index < -0.39 is 0 Å². The Hall–Kier alpha value is -1.66. The number of nitrogens with one attached hydrogen (secondary N) is 1. The molecule has 1 aliphatic rings. The molecular weight excluding hydrogens is 259 g/mol. The number of nitrogen functional groups attached to an aromatic ring is 1. The molecule has 0 saturated carbocycles. The van der Waals surface area contributed by atoms with Crippen LogP contribution in [0.3, 0.4) is 0 Å². The van der Waals surface area contributed by atoms with Crippen molar-refractivity contribution in [2.24, 2.45) is 5.84 Å². The number of benzene rings is 1. The number of halogens is 1. The Kier molecular flexibility index (Phi) is 6.41. The number of amides is 1. The molecule has 112 valence electrons. The summed E-state index contributed by atoms with van der Waals surface area (Å²) in [5.41, 5.74) is 3.96. The highest BCUT2D eigenvalue weighted by molar-refractivity contribution is 5.73. The zero-order valence-electron chi connectivity index (χ0n) is 12.3. The summed E-state index contributed by atoms with van der Waals surface area (Å²) in [6.07, 6.45) is 0. The van der Waals surface area contributed by atoms with Crippen molar-refractivity contribution in [2.45, 2.75) is 13.8 Å². The van der Waals surface area contributed by atoms with Gasteiger partial charge in [0.1, 0.15) is 5.82 Å². The second-order valence-corrected chi connectivity index (χ2v) is 4.91. The van der Waals surface area contributed by atoms with Crippen molar-refractivity contribution in [1.82, 2.24) is 9.80 Å². The van der Waals surface area contributed by atoms with E-state index in [-0.39, 0.29) is 11.7 Å². The second-order valence-electron chi connectivity index (χ2n) is 4.91. The number of carbonyl (C=O) groups excluding carboxylic acids is 1. The van der Waals surface area contributed by atoms with Crippen molar-refractivity contribution in [3.63, 3.8) is 0 Å². The fourth-order valence-electron chi connectivity index (χ4n) is 1.87. The lowest BCUT2D eigenvalue weighted by atomic mass is 10.2. The second kappa shape index (κ2) is 7.81. The van der Waals surface area contributed by atoms with Crippen LogP contribution in [0.4, 0.5) is 10.1 Å². The summed E-state index contributed by atoms with van der Waals surface area (Å²) in [4.78, 5) is 14.9. The number of likely N-dealkylation sites (N-methyl/N-ethyl adjacent to an activating group) is 1. The fraction of sp³-hybridized carbons (Fsp3) is 0.500. The lowest BCUT2D eigenvalue weighted by molar-refractivity contribution is -0.130. The first-order chi connectivity index (χ1) is 9.43. The van der Waals surface area contributed by atoms with Crippen molar-refractivity contribution in [3.05, 3.63) is 29.6 Å². The lowest BCUT2D eigenvalue weighted by Crippen LogP contribution is -2.46. The third kappa shape index (κ3) is 5.14. The number of rotatable bonds is 1. The van der Waals surface area contributed by atoms with E-state index in [9.17, 15) is 9.18 Å². The molecule has 1 amide bonds. The molecule has 2 rings (SSSR count). The summed E-state index contributed by atoms with van der Waals surface area (Å²) in [6.45, 7) is 7.30.